The van der Waals surface area contributed by atoms with Crippen molar-refractivity contribution in [1.82, 2.24) is 25.3 Å². The summed E-state index contributed by atoms with van der Waals surface area (Å²) in [6.07, 6.45) is -3.96. The van der Waals surface area contributed by atoms with Crippen LogP contribution in [0.4, 0.5) is 56.1 Å². The van der Waals surface area contributed by atoms with Gasteiger partial charge < -0.3 is 19.5 Å². The van der Waals surface area contributed by atoms with Crippen LogP contribution in [0.15, 0.2) is 101 Å². The van der Waals surface area contributed by atoms with E-state index >= 15 is 0 Å². The number of rotatable bonds is 10. The maximum Gasteiger partial charge on any atom is 0.471 e. The average molecular weight is 914 g/mol. The maximum atomic E-state index is 13.4. The summed E-state index contributed by atoms with van der Waals surface area (Å²) >= 11 is 0. The van der Waals surface area contributed by atoms with E-state index in [1.807, 2.05) is 0 Å². The number of amides is 5. The lowest BCUT2D eigenvalue weighted by Crippen LogP contribution is -2.45. The van der Waals surface area contributed by atoms with Crippen LogP contribution in [0, 0.1) is 11.6 Å². The van der Waals surface area contributed by atoms with Gasteiger partial charge >= 0.3 is 36.2 Å². The molecule has 20 heteroatoms. The second-order valence-electron chi connectivity index (χ2n) is 15.2. The number of hydrogen-bond donors (Lipinski definition) is 1. The highest BCUT2D eigenvalue weighted by molar-refractivity contribution is 6.00. The van der Waals surface area contributed by atoms with Crippen molar-refractivity contribution in [2.24, 2.45) is 0 Å². The third kappa shape index (κ3) is 13.1. The van der Waals surface area contributed by atoms with E-state index in [1.54, 1.807) is 68.5 Å². The molecule has 2 saturated heterocycles. The quantitative estimate of drug-likeness (QED) is 0.109. The van der Waals surface area contributed by atoms with Crippen molar-refractivity contribution in [2.75, 3.05) is 42.5 Å². The van der Waals surface area contributed by atoms with Gasteiger partial charge in [-0.2, -0.15) is 26.3 Å². The molecule has 2 fully saturated rings. The topological polar surface area (TPSA) is 132 Å². The number of likely N-dealkylation sites (tertiary alicyclic amines) is 2. The summed E-state index contributed by atoms with van der Waals surface area (Å²) in [6.45, 7) is 2.16. The normalized spacial score (nSPS) is 14.2. The first-order valence-electron chi connectivity index (χ1n) is 20.6. The molecule has 2 aliphatic heterocycles. The number of nitrogens with zero attached hydrogens (tertiary/aromatic N) is 6. The number of urea groups is 2. The van der Waals surface area contributed by atoms with Gasteiger partial charge in [-0.25, -0.2) is 18.4 Å². The molecule has 3 heterocycles. The number of Topliss-reactive ketones (excluding diaryl/α,β-unsaturated/α-hetero) is 1. The Bertz CT molecular complexity index is 2380. The molecule has 2 aliphatic rings. The summed E-state index contributed by atoms with van der Waals surface area (Å²) in [7, 11) is 0. The summed E-state index contributed by atoms with van der Waals surface area (Å²) in [5.74, 6) is -5.35. The maximum absolute atomic E-state index is 13.4. The number of benzene rings is 4. The van der Waals surface area contributed by atoms with Gasteiger partial charge in [0.2, 0.25) is 5.89 Å². The molecule has 0 saturated carbocycles. The van der Waals surface area contributed by atoms with Gasteiger partial charge in [-0.15, -0.1) is 10.2 Å². The number of nitrogens with one attached hydrogen (secondary N) is 1. The number of aromatic nitrogens is 2. The van der Waals surface area contributed by atoms with Gasteiger partial charge in [0.05, 0.1) is 19.6 Å². The molecule has 344 valence electrons. The van der Waals surface area contributed by atoms with E-state index in [2.05, 4.69) is 10.2 Å². The zero-order valence-corrected chi connectivity index (χ0v) is 34.7. The molecule has 5 aromatic rings. The van der Waals surface area contributed by atoms with Gasteiger partial charge in [0.15, 0.2) is 5.78 Å². The minimum atomic E-state index is -5.06. The summed E-state index contributed by atoms with van der Waals surface area (Å²) < 4.78 is 106. The van der Waals surface area contributed by atoms with Gasteiger partial charge in [0, 0.05) is 48.7 Å². The average Bonchev–Trinajstić information content (AvgIpc) is 3.82. The number of piperidine rings is 2. The molecule has 0 spiro atoms. The van der Waals surface area contributed by atoms with E-state index in [1.165, 1.54) is 53.4 Å². The highest BCUT2D eigenvalue weighted by Gasteiger charge is 2.39. The molecule has 1 aromatic heterocycles. The molecule has 0 atom stereocenters. The molecule has 1 N–H and O–H groups in total. The van der Waals surface area contributed by atoms with Crippen LogP contribution in [0.5, 0.6) is 0 Å². The van der Waals surface area contributed by atoms with Crippen LogP contribution in [0.3, 0.4) is 0 Å². The van der Waals surface area contributed by atoms with Crippen LogP contribution in [0.1, 0.15) is 65.9 Å². The Kier molecular flexibility index (Phi) is 15.5. The molecule has 0 radical (unpaired) electrons. The number of halogens is 8. The number of carbonyl (C=O) groups excluding carboxylic acids is 4. The molecule has 0 unspecified atom stereocenters. The van der Waals surface area contributed by atoms with E-state index in [9.17, 15) is 54.3 Å². The summed E-state index contributed by atoms with van der Waals surface area (Å²) in [5, 5.41) is 8.01. The van der Waals surface area contributed by atoms with Gasteiger partial charge in [0.25, 0.3) is 0 Å². The molecule has 65 heavy (non-hydrogen) atoms. The summed E-state index contributed by atoms with van der Waals surface area (Å²) in [6, 6.07) is 23.3. The number of ketones is 1. The van der Waals surface area contributed by atoms with Crippen molar-refractivity contribution >= 4 is 35.1 Å². The van der Waals surface area contributed by atoms with Crippen LogP contribution in [-0.2, 0) is 24.1 Å². The Balaban J connectivity index is 0.000000215. The van der Waals surface area contributed by atoms with Crippen LogP contribution in [-0.4, -0.2) is 82.6 Å². The first kappa shape index (κ1) is 47.6. The summed E-state index contributed by atoms with van der Waals surface area (Å²) in [5.41, 5.74) is 2.92. The smallest absolute Gasteiger partial charge is 0.413 e. The van der Waals surface area contributed by atoms with Crippen molar-refractivity contribution < 1.29 is 58.7 Å². The van der Waals surface area contributed by atoms with Crippen molar-refractivity contribution in [2.45, 2.75) is 64.0 Å². The van der Waals surface area contributed by atoms with E-state index in [0.29, 0.717) is 48.7 Å². The first-order valence-corrected chi connectivity index (χ1v) is 20.6. The Labute approximate surface area is 367 Å². The van der Waals surface area contributed by atoms with Crippen molar-refractivity contribution in [3.05, 3.63) is 131 Å². The van der Waals surface area contributed by atoms with Crippen molar-refractivity contribution in [1.29, 1.82) is 0 Å². The predicted octanol–water partition coefficient (Wildman–Crippen LogP) is 9.81. The predicted molar refractivity (Wildman–Crippen MR) is 221 cm³/mol. The fourth-order valence-corrected chi connectivity index (χ4v) is 7.02. The first-order chi connectivity index (χ1) is 31.0. The minimum Gasteiger partial charge on any atom is -0.413 e. The Morgan fingerprint density at radius 1 is 0.585 bits per heavy atom. The number of alkyl halides is 6. The SMILES string of the molecule is O=C(CNC(=O)C(F)(F)F)c1ccc(CN(C(=O)N2CCCCC2)c2ccc(F)cc2)cc1.O=C(N1CCCCC1)N(Cc1ccc(-c2nnc(C(F)(F)F)o2)cc1)c1ccc(F)cc1. The molecule has 0 aliphatic carbocycles. The number of anilines is 2. The Morgan fingerprint density at radius 3 is 1.42 bits per heavy atom. The summed E-state index contributed by atoms with van der Waals surface area (Å²) in [4.78, 5) is 55.9. The number of hydrogen-bond acceptors (Lipinski definition) is 7. The van der Waals surface area contributed by atoms with E-state index in [0.717, 1.165) is 44.1 Å². The van der Waals surface area contributed by atoms with Gasteiger partial charge in [-0.1, -0.05) is 36.4 Å². The fourth-order valence-electron chi connectivity index (χ4n) is 7.02. The third-order valence-electron chi connectivity index (χ3n) is 10.5. The molecule has 12 nitrogen and oxygen atoms in total. The molecule has 0 bridgehead atoms. The largest absolute Gasteiger partial charge is 0.471 e. The van der Waals surface area contributed by atoms with Crippen LogP contribution >= 0.6 is 0 Å². The highest BCUT2D eigenvalue weighted by Crippen LogP contribution is 2.31. The van der Waals surface area contributed by atoms with Gasteiger partial charge in [0.1, 0.15) is 11.6 Å². The molecular formula is C45H43F8N7O5. The monoisotopic (exact) mass is 913 g/mol. The highest BCUT2D eigenvalue weighted by atomic mass is 19.4. The Hall–Kier alpha value is -6.86. The molecule has 7 rings (SSSR count). The minimum absolute atomic E-state index is 0.122. The van der Waals surface area contributed by atoms with Gasteiger partial charge in [-0.3, -0.25) is 19.4 Å². The molecular weight excluding hydrogens is 871 g/mol. The van der Waals surface area contributed by atoms with Crippen LogP contribution in [0.25, 0.3) is 11.5 Å². The van der Waals surface area contributed by atoms with Gasteiger partial charge in [-0.05, 0) is 110 Å². The number of carbonyl (C=O) groups is 4. The van der Waals surface area contributed by atoms with Crippen LogP contribution in [0.2, 0.25) is 0 Å². The van der Waals surface area contributed by atoms with Crippen molar-refractivity contribution in [3.8, 4) is 11.5 Å². The second-order valence-corrected chi connectivity index (χ2v) is 15.2. The molecule has 5 amide bonds. The van der Waals surface area contributed by atoms with E-state index < -0.39 is 48.1 Å². The second kappa shape index (κ2) is 21.2. The van der Waals surface area contributed by atoms with Crippen molar-refractivity contribution in [3.63, 3.8) is 0 Å². The van der Waals surface area contributed by atoms with E-state index in [-0.39, 0.29) is 36.6 Å². The standard InChI is InChI=1S/C23H23F4N3O3.C22H20F4N4O2/c24-18-8-10-19(11-9-18)30(22(33)29-12-2-1-3-13-29)15-16-4-6-17(7-5-16)20(31)14-28-21(32)23(25,26)27;23-17-8-10-18(11-9-17)30(21(31)29-12-2-1-3-13-29)14-15-4-6-16(7-5-15)19-27-28-20(32-19)22(24,25)26/h4-11H,1-3,12-15H2,(H,28,32);4-11H,1-3,12-14H2. The van der Waals surface area contributed by atoms with Crippen LogP contribution < -0.4 is 15.1 Å². The lowest BCUT2D eigenvalue weighted by atomic mass is 10.1. The lowest BCUT2D eigenvalue weighted by Gasteiger charge is -2.33. The lowest BCUT2D eigenvalue weighted by molar-refractivity contribution is -0.173. The molecule has 4 aromatic carbocycles. The third-order valence-corrected chi connectivity index (χ3v) is 10.5. The zero-order valence-electron chi connectivity index (χ0n) is 34.7. The fraction of sp³-hybridized carbons (Fsp3) is 0.333. The Morgan fingerprint density at radius 2 is 1.02 bits per heavy atom. The van der Waals surface area contributed by atoms with E-state index in [4.69, 9.17) is 4.42 Å². The zero-order chi connectivity index (χ0) is 46.7.